The van der Waals surface area contributed by atoms with Crippen molar-refractivity contribution in [3.05, 3.63) is 34.4 Å². The second kappa shape index (κ2) is 6.89. The first-order valence-electron chi connectivity index (χ1n) is 6.64. The Bertz CT molecular complexity index is 514. The fourth-order valence-electron chi connectivity index (χ4n) is 2.17. The van der Waals surface area contributed by atoms with E-state index in [2.05, 4.69) is 0 Å². The molecule has 0 bridgehead atoms. The number of carbonyl (C=O) groups is 1. The first-order valence-corrected chi connectivity index (χ1v) is 6.64. The topological polar surface area (TPSA) is 96.2 Å². The zero-order valence-corrected chi connectivity index (χ0v) is 11.5. The summed E-state index contributed by atoms with van der Waals surface area (Å²) in [6.45, 7) is 1.91. The molecule has 21 heavy (non-hydrogen) atoms. The fourth-order valence-corrected chi connectivity index (χ4v) is 2.17. The minimum absolute atomic E-state index is 0.00999. The predicted molar refractivity (Wildman–Crippen MR) is 75.3 cm³/mol. The van der Waals surface area contributed by atoms with Gasteiger partial charge in [0.1, 0.15) is 6.61 Å². The van der Waals surface area contributed by atoms with Crippen LogP contribution in [0.2, 0.25) is 0 Å². The molecule has 2 rings (SSSR count). The zero-order chi connectivity index (χ0) is 15.2. The molecule has 1 amide bonds. The maximum Gasteiger partial charge on any atom is 0.409 e. The van der Waals surface area contributed by atoms with E-state index in [1.165, 1.54) is 12.1 Å². The molecule has 1 saturated heterocycles. The number of aliphatic hydroxyl groups is 1. The first-order chi connectivity index (χ1) is 10.1. The van der Waals surface area contributed by atoms with Gasteiger partial charge in [0.15, 0.2) is 0 Å². The van der Waals surface area contributed by atoms with Gasteiger partial charge in [0, 0.05) is 44.0 Å². The van der Waals surface area contributed by atoms with Crippen molar-refractivity contribution in [3.63, 3.8) is 0 Å². The SMILES string of the molecule is O=C(OCCO)N1CCN(c2cccc([N+](=O)[O-])c2)CC1. The van der Waals surface area contributed by atoms with Gasteiger partial charge in [0.2, 0.25) is 0 Å². The Hall–Kier alpha value is -2.35. The number of nitro groups is 1. The molecule has 1 aromatic carbocycles. The van der Waals surface area contributed by atoms with E-state index in [1.54, 1.807) is 11.0 Å². The number of non-ortho nitro benzene ring substituents is 1. The number of nitro benzene ring substituents is 1. The molecule has 0 radical (unpaired) electrons. The number of carbonyl (C=O) groups excluding carboxylic acids is 1. The summed E-state index contributed by atoms with van der Waals surface area (Å²) in [5.74, 6) is 0. The quantitative estimate of drug-likeness (QED) is 0.653. The van der Waals surface area contributed by atoms with Crippen LogP contribution in [0.5, 0.6) is 0 Å². The van der Waals surface area contributed by atoms with E-state index in [0.717, 1.165) is 5.69 Å². The minimum Gasteiger partial charge on any atom is -0.447 e. The van der Waals surface area contributed by atoms with Crippen LogP contribution in [0.4, 0.5) is 16.2 Å². The van der Waals surface area contributed by atoms with E-state index in [9.17, 15) is 14.9 Å². The summed E-state index contributed by atoms with van der Waals surface area (Å²) < 4.78 is 4.85. The maximum atomic E-state index is 11.6. The van der Waals surface area contributed by atoms with E-state index >= 15 is 0 Å². The normalized spacial score (nSPS) is 14.9. The molecule has 0 spiro atoms. The van der Waals surface area contributed by atoms with Crippen LogP contribution in [-0.4, -0.2) is 60.4 Å². The lowest BCUT2D eigenvalue weighted by Gasteiger charge is -2.35. The fraction of sp³-hybridized carbons (Fsp3) is 0.462. The molecule has 8 nitrogen and oxygen atoms in total. The van der Waals surface area contributed by atoms with Gasteiger partial charge >= 0.3 is 6.09 Å². The van der Waals surface area contributed by atoms with E-state index in [0.29, 0.717) is 26.2 Å². The lowest BCUT2D eigenvalue weighted by molar-refractivity contribution is -0.384. The highest BCUT2D eigenvalue weighted by molar-refractivity contribution is 5.68. The van der Waals surface area contributed by atoms with Gasteiger partial charge in [-0.15, -0.1) is 0 Å². The van der Waals surface area contributed by atoms with Gasteiger partial charge in [-0.3, -0.25) is 10.1 Å². The summed E-state index contributed by atoms with van der Waals surface area (Å²) in [6.07, 6.45) is -0.442. The van der Waals surface area contributed by atoms with Gasteiger partial charge in [0.25, 0.3) is 5.69 Å². The highest BCUT2D eigenvalue weighted by Gasteiger charge is 2.22. The average molecular weight is 295 g/mol. The molecule has 1 heterocycles. The Morgan fingerprint density at radius 2 is 2.05 bits per heavy atom. The van der Waals surface area contributed by atoms with Crippen LogP contribution in [0.15, 0.2) is 24.3 Å². The molecule has 1 aliphatic rings. The molecule has 0 atom stereocenters. The molecule has 8 heteroatoms. The van der Waals surface area contributed by atoms with Gasteiger partial charge in [-0.05, 0) is 6.07 Å². The van der Waals surface area contributed by atoms with E-state index in [-0.39, 0.29) is 18.9 Å². The summed E-state index contributed by atoms with van der Waals surface area (Å²) in [7, 11) is 0. The number of benzene rings is 1. The van der Waals surface area contributed by atoms with E-state index < -0.39 is 11.0 Å². The van der Waals surface area contributed by atoms with Gasteiger partial charge in [-0.2, -0.15) is 0 Å². The van der Waals surface area contributed by atoms with Crippen LogP contribution in [0.1, 0.15) is 0 Å². The Balaban J connectivity index is 1.93. The van der Waals surface area contributed by atoms with Crippen molar-refractivity contribution in [1.82, 2.24) is 4.90 Å². The van der Waals surface area contributed by atoms with Crippen molar-refractivity contribution in [2.45, 2.75) is 0 Å². The highest BCUT2D eigenvalue weighted by Crippen LogP contribution is 2.22. The molecular weight excluding hydrogens is 278 g/mol. The molecule has 0 unspecified atom stereocenters. The van der Waals surface area contributed by atoms with Gasteiger partial charge in [0.05, 0.1) is 11.5 Å². The molecule has 1 N–H and O–H groups in total. The number of anilines is 1. The molecule has 1 fully saturated rings. The molecule has 0 saturated carbocycles. The predicted octanol–water partition coefficient (Wildman–Crippen LogP) is 0.846. The van der Waals surface area contributed by atoms with Crippen LogP contribution >= 0.6 is 0 Å². The molecule has 0 aromatic heterocycles. The molecule has 1 aliphatic heterocycles. The number of nitrogens with zero attached hydrogens (tertiary/aromatic N) is 3. The van der Waals surface area contributed by atoms with Crippen molar-refractivity contribution in [2.24, 2.45) is 0 Å². The van der Waals surface area contributed by atoms with Crippen LogP contribution in [0, 0.1) is 10.1 Å². The van der Waals surface area contributed by atoms with Crippen molar-refractivity contribution >= 4 is 17.5 Å². The Morgan fingerprint density at radius 1 is 1.33 bits per heavy atom. The van der Waals surface area contributed by atoms with E-state index in [4.69, 9.17) is 9.84 Å². The second-order valence-electron chi connectivity index (χ2n) is 4.59. The summed E-state index contributed by atoms with van der Waals surface area (Å²) in [4.78, 5) is 25.5. The number of piperazine rings is 1. The largest absolute Gasteiger partial charge is 0.447 e. The molecule has 0 aliphatic carbocycles. The number of aliphatic hydroxyl groups excluding tert-OH is 1. The summed E-state index contributed by atoms with van der Waals surface area (Å²) in [6, 6.07) is 6.44. The first kappa shape index (κ1) is 15.0. The van der Waals surface area contributed by atoms with Crippen LogP contribution in [0.3, 0.4) is 0 Å². The lowest BCUT2D eigenvalue weighted by atomic mass is 10.2. The molecule has 1 aromatic rings. The van der Waals surface area contributed by atoms with Crippen LogP contribution in [-0.2, 0) is 4.74 Å². The Morgan fingerprint density at radius 3 is 2.67 bits per heavy atom. The zero-order valence-electron chi connectivity index (χ0n) is 11.5. The number of ether oxygens (including phenoxy) is 1. The number of rotatable bonds is 4. The monoisotopic (exact) mass is 295 g/mol. The highest BCUT2D eigenvalue weighted by atomic mass is 16.6. The van der Waals surface area contributed by atoms with Gasteiger partial charge in [-0.25, -0.2) is 4.79 Å². The molecule has 114 valence electrons. The number of hydrogen-bond acceptors (Lipinski definition) is 6. The van der Waals surface area contributed by atoms with Crippen LogP contribution < -0.4 is 4.90 Å². The van der Waals surface area contributed by atoms with Crippen molar-refractivity contribution < 1.29 is 19.6 Å². The van der Waals surface area contributed by atoms with Crippen molar-refractivity contribution in [3.8, 4) is 0 Å². The third-order valence-corrected chi connectivity index (χ3v) is 3.26. The van der Waals surface area contributed by atoms with Crippen molar-refractivity contribution in [2.75, 3.05) is 44.3 Å². The molecular formula is C13H17N3O5. The number of amides is 1. The van der Waals surface area contributed by atoms with E-state index in [1.807, 2.05) is 11.0 Å². The number of hydrogen-bond donors (Lipinski definition) is 1. The lowest BCUT2D eigenvalue weighted by Crippen LogP contribution is -2.49. The van der Waals surface area contributed by atoms with Gasteiger partial charge in [-0.1, -0.05) is 6.07 Å². The second-order valence-corrected chi connectivity index (χ2v) is 4.59. The summed E-state index contributed by atoms with van der Waals surface area (Å²) in [5.41, 5.74) is 0.824. The maximum absolute atomic E-state index is 11.6. The van der Waals surface area contributed by atoms with Crippen LogP contribution in [0.25, 0.3) is 0 Å². The van der Waals surface area contributed by atoms with Crippen molar-refractivity contribution in [1.29, 1.82) is 0 Å². The third kappa shape index (κ3) is 3.82. The standard InChI is InChI=1S/C13H17N3O5/c17-8-9-21-13(18)15-6-4-14(5-7-15)11-2-1-3-12(10-11)16(19)20/h1-3,10,17H,4-9H2. The minimum atomic E-state index is -0.442. The Labute approximate surface area is 121 Å². The summed E-state index contributed by atoms with van der Waals surface area (Å²) >= 11 is 0. The Kier molecular flexibility index (Phi) is 4.94. The summed E-state index contributed by atoms with van der Waals surface area (Å²) in [5, 5.41) is 19.4. The smallest absolute Gasteiger partial charge is 0.409 e. The third-order valence-electron chi connectivity index (χ3n) is 3.26. The average Bonchev–Trinajstić information content (AvgIpc) is 2.53. The van der Waals surface area contributed by atoms with Gasteiger partial charge < -0.3 is 19.6 Å².